The van der Waals surface area contributed by atoms with E-state index in [9.17, 15) is 0 Å². The average Bonchev–Trinajstić information content (AvgIpc) is 2.48. The zero-order valence-corrected chi connectivity index (χ0v) is 17.2. The SMILES string of the molecule is CCCCCCCCCCCCN(CCC)CCC[N+](C)(C)C. The van der Waals surface area contributed by atoms with E-state index in [2.05, 4.69) is 39.9 Å². The average molecular weight is 328 g/mol. The van der Waals surface area contributed by atoms with Gasteiger partial charge in [0.05, 0.1) is 27.7 Å². The Morgan fingerprint density at radius 1 is 0.522 bits per heavy atom. The predicted molar refractivity (Wildman–Crippen MR) is 106 cm³/mol. The molecule has 0 rings (SSSR count). The lowest BCUT2D eigenvalue weighted by atomic mass is 10.1. The standard InChI is InChI=1S/C21H47N2/c1-6-8-9-10-11-12-13-14-15-16-19-22(18-7-2)20-17-21-23(3,4)5/h6-21H2,1-5H3/q+1. The largest absolute Gasteiger partial charge is 0.331 e. The van der Waals surface area contributed by atoms with E-state index in [0.29, 0.717) is 0 Å². The topological polar surface area (TPSA) is 3.24 Å². The maximum Gasteiger partial charge on any atom is 0.0792 e. The summed E-state index contributed by atoms with van der Waals surface area (Å²) in [7, 11) is 6.89. The van der Waals surface area contributed by atoms with Gasteiger partial charge in [0.25, 0.3) is 0 Å². The van der Waals surface area contributed by atoms with Gasteiger partial charge in [-0.25, -0.2) is 0 Å². The van der Waals surface area contributed by atoms with Crippen LogP contribution in [0.2, 0.25) is 0 Å². The van der Waals surface area contributed by atoms with Gasteiger partial charge in [-0.15, -0.1) is 0 Å². The van der Waals surface area contributed by atoms with Crippen molar-refractivity contribution in [3.8, 4) is 0 Å². The molecule has 0 aliphatic heterocycles. The first-order valence-electron chi connectivity index (χ1n) is 10.5. The molecule has 0 aliphatic carbocycles. The van der Waals surface area contributed by atoms with Crippen LogP contribution in [-0.4, -0.2) is 56.7 Å². The minimum absolute atomic E-state index is 1.10. The summed E-state index contributed by atoms with van der Waals surface area (Å²) in [6.45, 7) is 9.80. The van der Waals surface area contributed by atoms with Gasteiger partial charge in [0.1, 0.15) is 0 Å². The lowest BCUT2D eigenvalue weighted by molar-refractivity contribution is -0.870. The fourth-order valence-electron chi connectivity index (χ4n) is 3.24. The van der Waals surface area contributed by atoms with Crippen LogP contribution in [0.3, 0.4) is 0 Å². The highest BCUT2D eigenvalue weighted by Gasteiger charge is 2.09. The molecule has 23 heavy (non-hydrogen) atoms. The highest BCUT2D eigenvalue weighted by Crippen LogP contribution is 2.11. The fourth-order valence-corrected chi connectivity index (χ4v) is 3.24. The molecule has 0 heterocycles. The highest BCUT2D eigenvalue weighted by atomic mass is 15.3. The molecule has 0 bridgehead atoms. The van der Waals surface area contributed by atoms with Crippen LogP contribution >= 0.6 is 0 Å². The first kappa shape index (κ1) is 22.9. The number of hydrogen-bond acceptors (Lipinski definition) is 1. The van der Waals surface area contributed by atoms with Crippen molar-refractivity contribution in [2.24, 2.45) is 0 Å². The molecule has 0 radical (unpaired) electrons. The molecule has 0 saturated carbocycles. The second-order valence-corrected chi connectivity index (χ2v) is 8.39. The molecule has 140 valence electrons. The quantitative estimate of drug-likeness (QED) is 0.244. The number of unbranched alkanes of at least 4 members (excludes halogenated alkanes) is 9. The molecule has 0 N–H and O–H groups in total. The number of hydrogen-bond donors (Lipinski definition) is 0. The normalized spacial score (nSPS) is 12.3. The van der Waals surface area contributed by atoms with Gasteiger partial charge in [0.2, 0.25) is 0 Å². The minimum Gasteiger partial charge on any atom is -0.331 e. The Kier molecular flexibility index (Phi) is 15.4. The maximum absolute atomic E-state index is 2.69. The summed E-state index contributed by atoms with van der Waals surface area (Å²) < 4.78 is 1.10. The van der Waals surface area contributed by atoms with Crippen LogP contribution in [0.1, 0.15) is 90.9 Å². The number of quaternary nitrogens is 1. The van der Waals surface area contributed by atoms with Crippen LogP contribution < -0.4 is 0 Å². The fraction of sp³-hybridized carbons (Fsp3) is 1.00. The van der Waals surface area contributed by atoms with E-state index in [1.165, 1.54) is 103 Å². The van der Waals surface area contributed by atoms with E-state index in [1.54, 1.807) is 0 Å². The molecule has 0 spiro atoms. The van der Waals surface area contributed by atoms with Crippen LogP contribution in [0.25, 0.3) is 0 Å². The van der Waals surface area contributed by atoms with Crippen LogP contribution in [-0.2, 0) is 0 Å². The molecule has 2 heteroatoms. The molecular formula is C21H47N2+. The second kappa shape index (κ2) is 15.4. The molecule has 0 aliphatic rings. The Hall–Kier alpha value is -0.0800. The van der Waals surface area contributed by atoms with Gasteiger partial charge >= 0.3 is 0 Å². The van der Waals surface area contributed by atoms with Crippen molar-refractivity contribution in [1.29, 1.82) is 0 Å². The van der Waals surface area contributed by atoms with Gasteiger partial charge in [-0.3, -0.25) is 0 Å². The lowest BCUT2D eigenvalue weighted by Gasteiger charge is -2.27. The van der Waals surface area contributed by atoms with Gasteiger partial charge < -0.3 is 9.38 Å². The van der Waals surface area contributed by atoms with Crippen molar-refractivity contribution in [2.75, 3.05) is 47.3 Å². The first-order chi connectivity index (χ1) is 11.0. The van der Waals surface area contributed by atoms with Gasteiger partial charge in [0, 0.05) is 13.0 Å². The van der Waals surface area contributed by atoms with Crippen LogP contribution in [0.5, 0.6) is 0 Å². The van der Waals surface area contributed by atoms with E-state index in [4.69, 9.17) is 0 Å². The molecule has 0 aromatic heterocycles. The van der Waals surface area contributed by atoms with E-state index in [0.717, 1.165) is 4.48 Å². The van der Waals surface area contributed by atoms with Gasteiger partial charge in [0.15, 0.2) is 0 Å². The van der Waals surface area contributed by atoms with E-state index >= 15 is 0 Å². The van der Waals surface area contributed by atoms with E-state index in [1.807, 2.05) is 0 Å². The van der Waals surface area contributed by atoms with Crippen molar-refractivity contribution in [3.63, 3.8) is 0 Å². The molecule has 0 atom stereocenters. The predicted octanol–water partition coefficient (Wildman–Crippen LogP) is 5.72. The Morgan fingerprint density at radius 2 is 1.00 bits per heavy atom. The smallest absolute Gasteiger partial charge is 0.0792 e. The maximum atomic E-state index is 2.69. The Morgan fingerprint density at radius 3 is 1.48 bits per heavy atom. The molecule has 0 aromatic rings. The summed E-state index contributed by atoms with van der Waals surface area (Å²) in [5.41, 5.74) is 0. The van der Waals surface area contributed by atoms with E-state index in [-0.39, 0.29) is 0 Å². The van der Waals surface area contributed by atoms with Crippen molar-refractivity contribution >= 4 is 0 Å². The summed E-state index contributed by atoms with van der Waals surface area (Å²) in [5.74, 6) is 0. The third kappa shape index (κ3) is 18.1. The molecule has 0 aromatic carbocycles. The van der Waals surface area contributed by atoms with E-state index < -0.39 is 0 Å². The molecule has 0 amide bonds. The second-order valence-electron chi connectivity index (χ2n) is 8.39. The van der Waals surface area contributed by atoms with Crippen molar-refractivity contribution in [3.05, 3.63) is 0 Å². The Balaban J connectivity index is 3.49. The lowest BCUT2D eigenvalue weighted by Crippen LogP contribution is -2.37. The van der Waals surface area contributed by atoms with Gasteiger partial charge in [-0.2, -0.15) is 0 Å². The Bertz CT molecular complexity index is 232. The molecule has 0 fully saturated rings. The van der Waals surface area contributed by atoms with Crippen LogP contribution in [0.15, 0.2) is 0 Å². The third-order valence-corrected chi connectivity index (χ3v) is 4.67. The summed E-state index contributed by atoms with van der Waals surface area (Å²) in [6.07, 6.45) is 17.0. The van der Waals surface area contributed by atoms with Crippen molar-refractivity contribution in [2.45, 2.75) is 90.9 Å². The zero-order chi connectivity index (χ0) is 17.4. The summed E-state index contributed by atoms with van der Waals surface area (Å²) in [6, 6.07) is 0. The number of nitrogens with zero attached hydrogens (tertiary/aromatic N) is 2. The zero-order valence-electron chi connectivity index (χ0n) is 17.2. The van der Waals surface area contributed by atoms with Gasteiger partial charge in [-0.05, 0) is 25.9 Å². The van der Waals surface area contributed by atoms with Crippen LogP contribution in [0, 0.1) is 0 Å². The first-order valence-corrected chi connectivity index (χ1v) is 10.5. The third-order valence-electron chi connectivity index (χ3n) is 4.67. The number of rotatable bonds is 17. The molecule has 2 nitrogen and oxygen atoms in total. The molecular weight excluding hydrogens is 280 g/mol. The Labute approximate surface area is 148 Å². The summed E-state index contributed by atoms with van der Waals surface area (Å²) >= 11 is 0. The minimum atomic E-state index is 1.10. The van der Waals surface area contributed by atoms with Crippen LogP contribution in [0.4, 0.5) is 0 Å². The summed E-state index contributed by atoms with van der Waals surface area (Å²) in [5, 5.41) is 0. The van der Waals surface area contributed by atoms with Gasteiger partial charge in [-0.1, -0.05) is 71.6 Å². The molecule has 0 unspecified atom stereocenters. The highest BCUT2D eigenvalue weighted by molar-refractivity contribution is 4.58. The van der Waals surface area contributed by atoms with Crippen molar-refractivity contribution in [1.82, 2.24) is 4.90 Å². The summed E-state index contributed by atoms with van der Waals surface area (Å²) in [4.78, 5) is 2.69. The monoisotopic (exact) mass is 327 g/mol. The van der Waals surface area contributed by atoms with Crippen molar-refractivity contribution < 1.29 is 4.48 Å². The molecule has 0 saturated heterocycles.